The Morgan fingerprint density at radius 2 is 1.44 bits per heavy atom. The highest BCUT2D eigenvalue weighted by Crippen LogP contribution is 2.27. The number of hydrogen-bond donors (Lipinski definition) is 2. The van der Waals surface area contributed by atoms with Gasteiger partial charge in [-0.3, -0.25) is 0 Å². The third-order valence-corrected chi connectivity index (χ3v) is 8.97. The lowest BCUT2D eigenvalue weighted by molar-refractivity contribution is 0.251. The van der Waals surface area contributed by atoms with E-state index < -0.39 is 49.1 Å². The zero-order valence-electron chi connectivity index (χ0n) is 14.2. The highest BCUT2D eigenvalue weighted by atomic mass is 28.4. The highest BCUT2D eigenvalue weighted by Gasteiger charge is 2.29. The standard InChI is InChI=1S/C15H21F5N2O2Si/c1-4-25(5-2,24-3)8-6-7-21-15(23)22-14-12(19)10(17)9(16)11(18)13(14)20/h4-8H2,1-3H3,(H2,21,22,23). The lowest BCUT2D eigenvalue weighted by Crippen LogP contribution is -2.37. The molecule has 0 aliphatic rings. The lowest BCUT2D eigenvalue weighted by Gasteiger charge is -2.27. The topological polar surface area (TPSA) is 50.4 Å². The Morgan fingerprint density at radius 3 is 1.88 bits per heavy atom. The van der Waals surface area contributed by atoms with Gasteiger partial charge in [-0.25, -0.2) is 26.7 Å². The quantitative estimate of drug-likeness (QED) is 0.228. The third-order valence-electron chi connectivity index (χ3n) is 4.26. The highest BCUT2D eigenvalue weighted by molar-refractivity contribution is 6.73. The van der Waals surface area contributed by atoms with Gasteiger partial charge in [0.2, 0.25) is 5.82 Å². The van der Waals surface area contributed by atoms with Gasteiger partial charge in [-0.05, 0) is 24.6 Å². The number of nitrogens with one attached hydrogen (secondary N) is 2. The first-order valence-corrected chi connectivity index (χ1v) is 10.4. The maximum atomic E-state index is 13.5. The summed E-state index contributed by atoms with van der Waals surface area (Å²) in [5.41, 5.74) is -1.38. The summed E-state index contributed by atoms with van der Waals surface area (Å²) in [4.78, 5) is 11.6. The van der Waals surface area contributed by atoms with Crippen molar-refractivity contribution in [3.63, 3.8) is 0 Å². The Labute approximate surface area is 143 Å². The van der Waals surface area contributed by atoms with Crippen molar-refractivity contribution in [1.29, 1.82) is 0 Å². The van der Waals surface area contributed by atoms with E-state index in [9.17, 15) is 26.7 Å². The summed E-state index contributed by atoms with van der Waals surface area (Å²) in [6.45, 7) is 4.24. The maximum absolute atomic E-state index is 13.5. The van der Waals surface area contributed by atoms with Gasteiger partial charge in [-0.1, -0.05) is 13.8 Å². The Kier molecular flexibility index (Phi) is 7.81. The van der Waals surface area contributed by atoms with E-state index in [4.69, 9.17) is 4.43 Å². The summed E-state index contributed by atoms with van der Waals surface area (Å²) >= 11 is 0. The minimum atomic E-state index is -2.28. The molecule has 0 fully saturated rings. The Hall–Kier alpha value is -1.68. The number of halogens is 5. The van der Waals surface area contributed by atoms with Gasteiger partial charge in [0.1, 0.15) is 5.69 Å². The predicted molar refractivity (Wildman–Crippen MR) is 86.4 cm³/mol. The smallest absolute Gasteiger partial charge is 0.319 e. The van der Waals surface area contributed by atoms with Crippen LogP contribution in [0.3, 0.4) is 0 Å². The first kappa shape index (κ1) is 21.4. The molecule has 25 heavy (non-hydrogen) atoms. The van der Waals surface area contributed by atoms with Crippen LogP contribution in [0.4, 0.5) is 32.4 Å². The van der Waals surface area contributed by atoms with Gasteiger partial charge in [-0.15, -0.1) is 0 Å². The molecule has 0 aliphatic carbocycles. The fourth-order valence-electron chi connectivity index (χ4n) is 2.48. The predicted octanol–water partition coefficient (Wildman–Crippen LogP) is 4.53. The molecular weight excluding hydrogens is 363 g/mol. The van der Waals surface area contributed by atoms with Gasteiger partial charge >= 0.3 is 6.03 Å². The summed E-state index contributed by atoms with van der Waals surface area (Å²) in [6.07, 6.45) is 0.576. The molecule has 1 rings (SSSR count). The third kappa shape index (κ3) is 4.91. The first-order chi connectivity index (χ1) is 11.7. The number of carbonyl (C=O) groups excluding carboxylic acids is 1. The van der Waals surface area contributed by atoms with E-state index in [1.54, 1.807) is 12.4 Å². The molecule has 0 spiro atoms. The fraction of sp³-hybridized carbons (Fsp3) is 0.533. The van der Waals surface area contributed by atoms with Crippen LogP contribution in [0.1, 0.15) is 20.3 Å². The molecule has 0 unspecified atom stereocenters. The molecule has 0 aliphatic heterocycles. The summed E-state index contributed by atoms with van der Waals surface area (Å²) in [5.74, 6) is -10.7. The average molecular weight is 384 g/mol. The van der Waals surface area contributed by atoms with Crippen LogP contribution in [-0.2, 0) is 4.43 Å². The molecular formula is C15H21F5N2O2Si. The molecule has 0 saturated heterocycles. The van der Waals surface area contributed by atoms with Crippen LogP contribution in [0.2, 0.25) is 18.1 Å². The van der Waals surface area contributed by atoms with Crippen LogP contribution >= 0.6 is 0 Å². The van der Waals surface area contributed by atoms with Gasteiger partial charge in [0.05, 0.1) is 0 Å². The van der Waals surface area contributed by atoms with E-state index in [2.05, 4.69) is 5.32 Å². The molecule has 0 heterocycles. The van der Waals surface area contributed by atoms with Crippen LogP contribution in [-0.4, -0.2) is 28.0 Å². The monoisotopic (exact) mass is 384 g/mol. The number of amides is 2. The maximum Gasteiger partial charge on any atom is 0.319 e. The second-order valence-corrected chi connectivity index (χ2v) is 10.2. The molecule has 2 amide bonds. The van der Waals surface area contributed by atoms with Crippen LogP contribution < -0.4 is 10.6 Å². The molecule has 0 saturated carbocycles. The second kappa shape index (κ2) is 9.14. The van der Waals surface area contributed by atoms with E-state index >= 15 is 0 Å². The number of rotatable bonds is 8. The van der Waals surface area contributed by atoms with Crippen molar-refractivity contribution in [3.05, 3.63) is 29.1 Å². The SMILES string of the molecule is CC[Si](CC)(CCCNC(=O)Nc1c(F)c(F)c(F)c(F)c1F)OC. The van der Waals surface area contributed by atoms with Crippen molar-refractivity contribution < 1.29 is 31.2 Å². The number of carbonyl (C=O) groups is 1. The normalized spacial score (nSPS) is 11.5. The van der Waals surface area contributed by atoms with Crippen molar-refractivity contribution in [2.24, 2.45) is 0 Å². The van der Waals surface area contributed by atoms with E-state index in [0.29, 0.717) is 6.42 Å². The average Bonchev–Trinajstić information content (AvgIpc) is 2.62. The molecule has 0 radical (unpaired) electrons. The van der Waals surface area contributed by atoms with E-state index in [-0.39, 0.29) is 6.54 Å². The molecule has 4 nitrogen and oxygen atoms in total. The fourth-order valence-corrected chi connectivity index (χ4v) is 5.29. The van der Waals surface area contributed by atoms with Gasteiger partial charge in [-0.2, -0.15) is 0 Å². The zero-order valence-corrected chi connectivity index (χ0v) is 15.2. The summed E-state index contributed by atoms with van der Waals surface area (Å²) < 4.78 is 71.6. The summed E-state index contributed by atoms with van der Waals surface area (Å²) in [5, 5.41) is 3.99. The van der Waals surface area contributed by atoms with Crippen molar-refractivity contribution in [2.75, 3.05) is 19.0 Å². The van der Waals surface area contributed by atoms with Crippen LogP contribution in [0.25, 0.3) is 0 Å². The molecule has 0 atom stereocenters. The van der Waals surface area contributed by atoms with Crippen molar-refractivity contribution in [1.82, 2.24) is 5.32 Å². The molecule has 0 bridgehead atoms. The van der Waals surface area contributed by atoms with Crippen molar-refractivity contribution in [2.45, 2.75) is 38.4 Å². The van der Waals surface area contributed by atoms with Gasteiger partial charge in [0.25, 0.3) is 0 Å². The Morgan fingerprint density at radius 1 is 0.960 bits per heavy atom. The van der Waals surface area contributed by atoms with E-state index in [1.807, 2.05) is 13.8 Å². The Bertz CT molecular complexity index is 589. The molecule has 2 N–H and O–H groups in total. The lowest BCUT2D eigenvalue weighted by atomic mass is 10.2. The summed E-state index contributed by atoms with van der Waals surface area (Å²) in [7, 11) is -0.180. The van der Waals surface area contributed by atoms with Crippen LogP contribution in [0.15, 0.2) is 0 Å². The molecule has 10 heteroatoms. The number of hydrogen-bond acceptors (Lipinski definition) is 2. The second-order valence-electron chi connectivity index (χ2n) is 5.52. The Balaban J connectivity index is 2.65. The van der Waals surface area contributed by atoms with Crippen LogP contribution in [0.5, 0.6) is 0 Å². The molecule has 142 valence electrons. The van der Waals surface area contributed by atoms with Gasteiger partial charge < -0.3 is 15.1 Å². The molecule has 1 aromatic carbocycles. The summed E-state index contributed by atoms with van der Waals surface area (Å²) in [6, 6.07) is 1.55. The number of benzene rings is 1. The zero-order chi connectivity index (χ0) is 19.2. The molecule has 0 aromatic heterocycles. The largest absolute Gasteiger partial charge is 0.420 e. The van der Waals surface area contributed by atoms with Crippen LogP contribution in [0, 0.1) is 29.1 Å². The van der Waals surface area contributed by atoms with E-state index in [1.165, 1.54) is 0 Å². The minimum absolute atomic E-state index is 0.180. The number of anilines is 1. The van der Waals surface area contributed by atoms with Crippen molar-refractivity contribution in [3.8, 4) is 0 Å². The van der Waals surface area contributed by atoms with Gasteiger partial charge in [0, 0.05) is 13.7 Å². The first-order valence-electron chi connectivity index (χ1n) is 7.84. The minimum Gasteiger partial charge on any atom is -0.420 e. The molecule has 1 aromatic rings. The van der Waals surface area contributed by atoms with Gasteiger partial charge in [0.15, 0.2) is 31.6 Å². The number of urea groups is 1. The van der Waals surface area contributed by atoms with Crippen molar-refractivity contribution >= 4 is 20.0 Å². The van der Waals surface area contributed by atoms with E-state index in [0.717, 1.165) is 18.1 Å².